The SMILES string of the molecule is COc1ccc(OCCN2CCC(CO)C2)cc1. The molecule has 0 aromatic heterocycles. The Hall–Kier alpha value is -1.26. The number of benzene rings is 1. The predicted molar refractivity (Wildman–Crippen MR) is 70.1 cm³/mol. The minimum atomic E-state index is 0.301. The van der Waals surface area contributed by atoms with E-state index in [0.717, 1.165) is 37.6 Å². The summed E-state index contributed by atoms with van der Waals surface area (Å²) >= 11 is 0. The third kappa shape index (κ3) is 3.62. The van der Waals surface area contributed by atoms with E-state index in [1.54, 1.807) is 7.11 Å². The smallest absolute Gasteiger partial charge is 0.119 e. The summed E-state index contributed by atoms with van der Waals surface area (Å²) in [5, 5.41) is 9.07. The van der Waals surface area contributed by atoms with Crippen molar-refractivity contribution in [3.8, 4) is 11.5 Å². The maximum atomic E-state index is 9.07. The van der Waals surface area contributed by atoms with Crippen molar-refractivity contribution < 1.29 is 14.6 Å². The average molecular weight is 251 g/mol. The Morgan fingerprint density at radius 1 is 1.28 bits per heavy atom. The highest BCUT2D eigenvalue weighted by Gasteiger charge is 2.20. The normalized spacial score (nSPS) is 20.0. The van der Waals surface area contributed by atoms with Gasteiger partial charge in [0.15, 0.2) is 0 Å². The van der Waals surface area contributed by atoms with Crippen LogP contribution in [0.1, 0.15) is 6.42 Å². The van der Waals surface area contributed by atoms with Gasteiger partial charge in [-0.25, -0.2) is 0 Å². The Labute approximate surface area is 108 Å². The zero-order valence-corrected chi connectivity index (χ0v) is 10.8. The Balaban J connectivity index is 1.68. The van der Waals surface area contributed by atoms with E-state index in [1.807, 2.05) is 24.3 Å². The molecule has 2 rings (SSSR count). The summed E-state index contributed by atoms with van der Waals surface area (Å²) in [6, 6.07) is 7.62. The molecule has 1 aromatic carbocycles. The van der Waals surface area contributed by atoms with Crippen molar-refractivity contribution in [2.45, 2.75) is 6.42 Å². The summed E-state index contributed by atoms with van der Waals surface area (Å²) in [6.45, 7) is 3.96. The number of rotatable bonds is 6. The molecule has 100 valence electrons. The van der Waals surface area contributed by atoms with Crippen LogP contribution in [0, 0.1) is 5.92 Å². The van der Waals surface area contributed by atoms with Gasteiger partial charge in [0.2, 0.25) is 0 Å². The van der Waals surface area contributed by atoms with Crippen molar-refractivity contribution in [1.29, 1.82) is 0 Å². The molecule has 0 bridgehead atoms. The van der Waals surface area contributed by atoms with E-state index >= 15 is 0 Å². The van der Waals surface area contributed by atoms with E-state index in [9.17, 15) is 0 Å². The van der Waals surface area contributed by atoms with E-state index in [2.05, 4.69) is 4.90 Å². The first-order chi connectivity index (χ1) is 8.81. The molecule has 1 heterocycles. The fraction of sp³-hybridized carbons (Fsp3) is 0.571. The van der Waals surface area contributed by atoms with Crippen LogP contribution in [-0.4, -0.2) is 50.0 Å². The van der Waals surface area contributed by atoms with Crippen molar-refractivity contribution in [2.24, 2.45) is 5.92 Å². The lowest BCUT2D eigenvalue weighted by Gasteiger charge is -2.16. The highest BCUT2D eigenvalue weighted by molar-refractivity contribution is 5.31. The highest BCUT2D eigenvalue weighted by atomic mass is 16.5. The van der Waals surface area contributed by atoms with Crippen molar-refractivity contribution in [2.75, 3.05) is 40.0 Å². The largest absolute Gasteiger partial charge is 0.497 e. The number of hydrogen-bond acceptors (Lipinski definition) is 4. The van der Waals surface area contributed by atoms with Gasteiger partial charge in [-0.1, -0.05) is 0 Å². The first-order valence-electron chi connectivity index (χ1n) is 6.42. The third-order valence-corrected chi connectivity index (χ3v) is 3.36. The predicted octanol–water partition coefficient (Wildman–Crippen LogP) is 1.39. The first-order valence-corrected chi connectivity index (χ1v) is 6.42. The first kappa shape index (κ1) is 13.2. The molecule has 1 saturated heterocycles. The van der Waals surface area contributed by atoms with Crippen LogP contribution in [0.25, 0.3) is 0 Å². The van der Waals surface area contributed by atoms with Crippen LogP contribution < -0.4 is 9.47 Å². The topological polar surface area (TPSA) is 41.9 Å². The van der Waals surface area contributed by atoms with E-state index in [1.165, 1.54) is 0 Å². The summed E-state index contributed by atoms with van der Waals surface area (Å²) in [5.41, 5.74) is 0. The molecule has 4 nitrogen and oxygen atoms in total. The number of aliphatic hydroxyl groups is 1. The number of methoxy groups -OCH3 is 1. The summed E-state index contributed by atoms with van der Waals surface area (Å²) in [5.74, 6) is 2.16. The number of hydrogen-bond donors (Lipinski definition) is 1. The minimum Gasteiger partial charge on any atom is -0.497 e. The quantitative estimate of drug-likeness (QED) is 0.829. The van der Waals surface area contributed by atoms with Crippen LogP contribution in [0.2, 0.25) is 0 Å². The Morgan fingerprint density at radius 3 is 2.61 bits per heavy atom. The van der Waals surface area contributed by atoms with Gasteiger partial charge in [-0.2, -0.15) is 0 Å². The van der Waals surface area contributed by atoms with E-state index in [4.69, 9.17) is 14.6 Å². The van der Waals surface area contributed by atoms with Gasteiger partial charge >= 0.3 is 0 Å². The molecule has 1 N–H and O–H groups in total. The van der Waals surface area contributed by atoms with E-state index in [-0.39, 0.29) is 0 Å². The zero-order valence-electron chi connectivity index (χ0n) is 10.8. The molecule has 4 heteroatoms. The lowest BCUT2D eigenvalue weighted by atomic mass is 10.1. The van der Waals surface area contributed by atoms with Gasteiger partial charge in [0, 0.05) is 19.7 Å². The van der Waals surface area contributed by atoms with Gasteiger partial charge in [-0.3, -0.25) is 4.90 Å². The van der Waals surface area contributed by atoms with Crippen LogP contribution in [0.5, 0.6) is 11.5 Å². The van der Waals surface area contributed by atoms with E-state index < -0.39 is 0 Å². The second-order valence-corrected chi connectivity index (χ2v) is 4.66. The summed E-state index contributed by atoms with van der Waals surface area (Å²) < 4.78 is 10.8. The molecule has 1 aromatic rings. The Morgan fingerprint density at radius 2 is 2.00 bits per heavy atom. The van der Waals surface area contributed by atoms with Crippen molar-refractivity contribution in [3.05, 3.63) is 24.3 Å². The van der Waals surface area contributed by atoms with Crippen LogP contribution in [0.4, 0.5) is 0 Å². The monoisotopic (exact) mass is 251 g/mol. The number of nitrogens with zero attached hydrogens (tertiary/aromatic N) is 1. The standard InChI is InChI=1S/C14H21NO3/c1-17-13-2-4-14(5-3-13)18-9-8-15-7-6-12(10-15)11-16/h2-5,12,16H,6-11H2,1H3. The summed E-state index contributed by atoms with van der Waals surface area (Å²) in [6.07, 6.45) is 1.10. The molecule has 18 heavy (non-hydrogen) atoms. The van der Waals surface area contributed by atoms with Crippen molar-refractivity contribution in [1.82, 2.24) is 4.90 Å². The fourth-order valence-corrected chi connectivity index (χ4v) is 2.23. The maximum absolute atomic E-state index is 9.07. The zero-order chi connectivity index (χ0) is 12.8. The minimum absolute atomic E-state index is 0.301. The lowest BCUT2D eigenvalue weighted by Crippen LogP contribution is -2.26. The molecule has 1 atom stereocenters. The summed E-state index contributed by atoms with van der Waals surface area (Å²) in [7, 11) is 1.65. The summed E-state index contributed by atoms with van der Waals surface area (Å²) in [4.78, 5) is 2.34. The van der Waals surface area contributed by atoms with Crippen LogP contribution >= 0.6 is 0 Å². The van der Waals surface area contributed by atoms with Gasteiger partial charge in [-0.05, 0) is 43.1 Å². The molecular weight excluding hydrogens is 230 g/mol. The number of likely N-dealkylation sites (tertiary alicyclic amines) is 1. The number of ether oxygens (including phenoxy) is 2. The van der Waals surface area contributed by atoms with Crippen LogP contribution in [-0.2, 0) is 0 Å². The molecule has 1 fully saturated rings. The molecular formula is C14H21NO3. The molecule has 0 radical (unpaired) electrons. The molecule has 0 amide bonds. The third-order valence-electron chi connectivity index (χ3n) is 3.36. The van der Waals surface area contributed by atoms with Crippen LogP contribution in [0.3, 0.4) is 0 Å². The van der Waals surface area contributed by atoms with Crippen molar-refractivity contribution >= 4 is 0 Å². The van der Waals surface area contributed by atoms with E-state index in [0.29, 0.717) is 19.1 Å². The second kappa shape index (κ2) is 6.61. The molecule has 0 saturated carbocycles. The van der Waals surface area contributed by atoms with Gasteiger partial charge in [-0.15, -0.1) is 0 Å². The Kier molecular flexibility index (Phi) is 4.84. The van der Waals surface area contributed by atoms with Gasteiger partial charge in [0.05, 0.1) is 7.11 Å². The van der Waals surface area contributed by atoms with Crippen LogP contribution in [0.15, 0.2) is 24.3 Å². The van der Waals surface area contributed by atoms with Gasteiger partial charge in [0.1, 0.15) is 18.1 Å². The molecule has 0 spiro atoms. The second-order valence-electron chi connectivity index (χ2n) is 4.66. The molecule has 1 aliphatic heterocycles. The van der Waals surface area contributed by atoms with Crippen molar-refractivity contribution in [3.63, 3.8) is 0 Å². The fourth-order valence-electron chi connectivity index (χ4n) is 2.23. The molecule has 1 aliphatic rings. The molecule has 1 unspecified atom stereocenters. The average Bonchev–Trinajstić information content (AvgIpc) is 2.87. The lowest BCUT2D eigenvalue weighted by molar-refractivity contribution is 0.204. The molecule has 0 aliphatic carbocycles. The number of aliphatic hydroxyl groups excluding tert-OH is 1. The Bertz CT molecular complexity index is 353. The highest BCUT2D eigenvalue weighted by Crippen LogP contribution is 2.18. The van der Waals surface area contributed by atoms with Gasteiger partial charge < -0.3 is 14.6 Å². The maximum Gasteiger partial charge on any atom is 0.119 e. The van der Waals surface area contributed by atoms with Gasteiger partial charge in [0.25, 0.3) is 0 Å².